The Hall–Kier alpha value is -1.86. The maximum atomic E-state index is 12.9. The molecule has 0 saturated heterocycles. The van der Waals surface area contributed by atoms with Crippen LogP contribution >= 0.6 is 35.6 Å². The molecule has 1 heterocycles. The zero-order valence-corrected chi connectivity index (χ0v) is 19.9. The first-order chi connectivity index (χ1) is 14.3. The second kappa shape index (κ2) is 11.7. The van der Waals surface area contributed by atoms with E-state index in [1.54, 1.807) is 30.3 Å². The summed E-state index contributed by atoms with van der Waals surface area (Å²) < 4.78 is 0. The van der Waals surface area contributed by atoms with Gasteiger partial charge in [-0.3, -0.25) is 9.59 Å². The Kier molecular flexibility index (Phi) is 9.56. The van der Waals surface area contributed by atoms with Crippen LogP contribution in [0, 0.1) is 0 Å². The van der Waals surface area contributed by atoms with E-state index in [9.17, 15) is 9.59 Å². The fourth-order valence-corrected chi connectivity index (χ4v) is 4.10. The van der Waals surface area contributed by atoms with Crippen LogP contribution in [-0.2, 0) is 11.2 Å². The lowest BCUT2D eigenvalue weighted by molar-refractivity contribution is -0.115. The molecule has 1 fully saturated rings. The molecular formula is C22H27Cl3N4O2. The number of halogens is 3. The smallest absolute Gasteiger partial charge is 0.251 e. The molecule has 1 aliphatic rings. The van der Waals surface area contributed by atoms with Gasteiger partial charge in [-0.05, 0) is 69.6 Å². The molecule has 0 aliphatic heterocycles. The SMILES string of the molecule is CN(C)C1CCC(NC(=O)c2cccc(Cl)c2CC(=O)Nc2ccc(Cl)cn2)CC1.Cl. The number of amides is 2. The molecule has 1 saturated carbocycles. The van der Waals surface area contributed by atoms with Gasteiger partial charge in [-0.25, -0.2) is 4.98 Å². The summed E-state index contributed by atoms with van der Waals surface area (Å²) in [6.07, 6.45) is 5.41. The van der Waals surface area contributed by atoms with Crippen molar-refractivity contribution in [3.63, 3.8) is 0 Å². The first kappa shape index (κ1) is 25.4. The zero-order valence-electron chi connectivity index (χ0n) is 17.5. The Morgan fingerprint density at radius 1 is 1.10 bits per heavy atom. The van der Waals surface area contributed by atoms with Crippen molar-refractivity contribution in [1.29, 1.82) is 0 Å². The molecule has 2 N–H and O–H groups in total. The summed E-state index contributed by atoms with van der Waals surface area (Å²) >= 11 is 12.2. The summed E-state index contributed by atoms with van der Waals surface area (Å²) in [6.45, 7) is 0. The number of nitrogens with zero attached hydrogens (tertiary/aromatic N) is 2. The van der Waals surface area contributed by atoms with Crippen molar-refractivity contribution in [2.45, 2.75) is 44.2 Å². The van der Waals surface area contributed by atoms with Crippen molar-refractivity contribution in [2.75, 3.05) is 19.4 Å². The Bertz CT molecular complexity index is 898. The van der Waals surface area contributed by atoms with Gasteiger partial charge in [-0.2, -0.15) is 0 Å². The third kappa shape index (κ3) is 7.07. The summed E-state index contributed by atoms with van der Waals surface area (Å²) in [5, 5.41) is 6.69. The lowest BCUT2D eigenvalue weighted by Gasteiger charge is -2.33. The molecule has 0 bridgehead atoms. The Morgan fingerprint density at radius 3 is 2.42 bits per heavy atom. The third-order valence-electron chi connectivity index (χ3n) is 5.46. The van der Waals surface area contributed by atoms with Crippen LogP contribution < -0.4 is 10.6 Å². The van der Waals surface area contributed by atoms with E-state index in [2.05, 4.69) is 34.6 Å². The largest absolute Gasteiger partial charge is 0.349 e. The fourth-order valence-electron chi connectivity index (χ4n) is 3.75. The minimum absolute atomic E-state index is 0. The highest BCUT2D eigenvalue weighted by Crippen LogP contribution is 2.24. The van der Waals surface area contributed by atoms with Crippen molar-refractivity contribution in [1.82, 2.24) is 15.2 Å². The molecule has 1 aliphatic carbocycles. The number of rotatable bonds is 6. The Morgan fingerprint density at radius 2 is 1.81 bits per heavy atom. The summed E-state index contributed by atoms with van der Waals surface area (Å²) in [4.78, 5) is 31.7. The highest BCUT2D eigenvalue weighted by molar-refractivity contribution is 6.32. The van der Waals surface area contributed by atoms with E-state index in [1.807, 2.05) is 0 Å². The summed E-state index contributed by atoms with van der Waals surface area (Å²) in [6, 6.07) is 9.06. The fraction of sp³-hybridized carbons (Fsp3) is 0.409. The van der Waals surface area contributed by atoms with E-state index < -0.39 is 0 Å². The number of pyridine rings is 1. The molecule has 3 rings (SSSR count). The number of nitrogens with one attached hydrogen (secondary N) is 2. The molecule has 1 aromatic heterocycles. The van der Waals surface area contributed by atoms with Gasteiger partial charge in [-0.1, -0.05) is 29.3 Å². The van der Waals surface area contributed by atoms with Gasteiger partial charge in [0.25, 0.3) is 5.91 Å². The van der Waals surface area contributed by atoms with Crippen LogP contribution in [0.5, 0.6) is 0 Å². The predicted octanol–water partition coefficient (Wildman–Crippen LogP) is 4.59. The van der Waals surface area contributed by atoms with Crippen LogP contribution in [0.25, 0.3) is 0 Å². The predicted molar refractivity (Wildman–Crippen MR) is 127 cm³/mol. The summed E-state index contributed by atoms with van der Waals surface area (Å²) in [5.41, 5.74) is 0.932. The van der Waals surface area contributed by atoms with Crippen molar-refractivity contribution in [2.24, 2.45) is 0 Å². The molecular weight excluding hydrogens is 459 g/mol. The van der Waals surface area contributed by atoms with E-state index in [-0.39, 0.29) is 36.7 Å². The maximum Gasteiger partial charge on any atom is 0.251 e. The van der Waals surface area contributed by atoms with Crippen molar-refractivity contribution < 1.29 is 9.59 Å². The van der Waals surface area contributed by atoms with Gasteiger partial charge in [-0.15, -0.1) is 12.4 Å². The van der Waals surface area contributed by atoms with Gasteiger partial charge < -0.3 is 15.5 Å². The lowest BCUT2D eigenvalue weighted by atomic mass is 9.90. The van der Waals surface area contributed by atoms with Gasteiger partial charge in [0.15, 0.2) is 0 Å². The van der Waals surface area contributed by atoms with Gasteiger partial charge in [0.1, 0.15) is 5.82 Å². The third-order valence-corrected chi connectivity index (χ3v) is 6.04. The van der Waals surface area contributed by atoms with Gasteiger partial charge in [0.05, 0.1) is 11.4 Å². The van der Waals surface area contributed by atoms with Crippen LogP contribution in [0.2, 0.25) is 10.0 Å². The molecule has 0 radical (unpaired) electrons. The van der Waals surface area contributed by atoms with Crippen LogP contribution in [0.3, 0.4) is 0 Å². The topological polar surface area (TPSA) is 74.3 Å². The second-order valence-corrected chi connectivity index (χ2v) is 8.64. The van der Waals surface area contributed by atoms with Crippen molar-refractivity contribution >= 4 is 53.2 Å². The van der Waals surface area contributed by atoms with Crippen LogP contribution in [0.1, 0.15) is 41.6 Å². The van der Waals surface area contributed by atoms with Gasteiger partial charge in [0.2, 0.25) is 5.91 Å². The Labute approximate surface area is 199 Å². The van der Waals surface area contributed by atoms with Crippen LogP contribution in [-0.4, -0.2) is 47.9 Å². The van der Waals surface area contributed by atoms with E-state index >= 15 is 0 Å². The standard InChI is InChI=1S/C22H26Cl2N4O2.ClH/c1-28(2)16-9-7-15(8-10-16)26-22(30)17-4-3-5-19(24)18(17)12-21(29)27-20-11-6-14(23)13-25-20;/h3-6,11,13,15-16H,7-10,12H2,1-2H3,(H,26,30)(H,25,27,29);1H. The number of carbonyl (C=O) groups is 2. The van der Waals surface area contributed by atoms with Crippen LogP contribution in [0.15, 0.2) is 36.5 Å². The zero-order chi connectivity index (χ0) is 21.7. The Balaban J connectivity index is 0.00000341. The monoisotopic (exact) mass is 484 g/mol. The molecule has 31 heavy (non-hydrogen) atoms. The highest BCUT2D eigenvalue weighted by Gasteiger charge is 2.25. The molecule has 2 aromatic rings. The van der Waals surface area contributed by atoms with Gasteiger partial charge >= 0.3 is 0 Å². The number of hydrogen-bond donors (Lipinski definition) is 2. The van der Waals surface area contributed by atoms with E-state index in [4.69, 9.17) is 23.2 Å². The second-order valence-electron chi connectivity index (χ2n) is 7.80. The summed E-state index contributed by atoms with van der Waals surface area (Å²) in [7, 11) is 4.18. The molecule has 1 aromatic carbocycles. The minimum Gasteiger partial charge on any atom is -0.349 e. The molecule has 6 nitrogen and oxygen atoms in total. The summed E-state index contributed by atoms with van der Waals surface area (Å²) in [5.74, 6) is -0.114. The van der Waals surface area contributed by atoms with E-state index in [0.29, 0.717) is 33.0 Å². The average molecular weight is 486 g/mol. The van der Waals surface area contributed by atoms with Gasteiger partial charge in [0, 0.05) is 28.9 Å². The molecule has 0 unspecified atom stereocenters. The van der Waals surface area contributed by atoms with Crippen molar-refractivity contribution in [3.8, 4) is 0 Å². The molecule has 9 heteroatoms. The molecule has 168 valence electrons. The molecule has 0 atom stereocenters. The van der Waals surface area contributed by atoms with E-state index in [1.165, 1.54) is 6.20 Å². The first-order valence-electron chi connectivity index (χ1n) is 9.99. The lowest BCUT2D eigenvalue weighted by Crippen LogP contribution is -2.42. The number of carbonyl (C=O) groups excluding carboxylic acids is 2. The normalized spacial score (nSPS) is 18.2. The van der Waals surface area contributed by atoms with Crippen molar-refractivity contribution in [3.05, 3.63) is 57.7 Å². The quantitative estimate of drug-likeness (QED) is 0.627. The minimum atomic E-state index is -0.307. The number of aromatic nitrogens is 1. The average Bonchev–Trinajstić information content (AvgIpc) is 2.71. The number of anilines is 1. The van der Waals surface area contributed by atoms with E-state index in [0.717, 1.165) is 25.7 Å². The molecule has 2 amide bonds. The molecule has 0 spiro atoms. The number of hydrogen-bond acceptors (Lipinski definition) is 4. The first-order valence-corrected chi connectivity index (χ1v) is 10.7. The number of benzene rings is 1. The highest BCUT2D eigenvalue weighted by atomic mass is 35.5. The van der Waals surface area contributed by atoms with Crippen LogP contribution in [0.4, 0.5) is 5.82 Å². The maximum absolute atomic E-state index is 12.9.